The molecule has 0 aromatic heterocycles. The van der Waals surface area contributed by atoms with Crippen LogP contribution in [0.1, 0.15) is 66.7 Å². The second-order valence-electron chi connectivity index (χ2n) is 7.31. The third kappa shape index (κ3) is 2.22. The number of aliphatic hydroxyl groups is 2. The number of fused-ring (bicyclic) bond motifs is 3. The number of hydrogen-bond donors (Lipinski definition) is 2. The van der Waals surface area contributed by atoms with Gasteiger partial charge in [0.05, 0.1) is 5.60 Å². The molecule has 3 rings (SSSR count). The summed E-state index contributed by atoms with van der Waals surface area (Å²) in [4.78, 5) is 0. The fraction of sp³-hybridized carbons (Fsp3) is 1.00. The molecule has 0 aromatic carbocycles. The smallest absolute Gasteiger partial charge is 0.181 e. The maximum atomic E-state index is 10.4. The molecular formula is C17H32O3. The van der Waals surface area contributed by atoms with Crippen molar-refractivity contribution in [2.24, 2.45) is 23.2 Å². The first-order valence-corrected chi connectivity index (χ1v) is 8.42. The summed E-state index contributed by atoms with van der Waals surface area (Å²) in [5.41, 5.74) is -0.206. The van der Waals surface area contributed by atoms with Crippen LogP contribution in [0, 0.1) is 23.2 Å². The van der Waals surface area contributed by atoms with Crippen LogP contribution in [-0.4, -0.2) is 28.2 Å². The van der Waals surface area contributed by atoms with Gasteiger partial charge in [-0.2, -0.15) is 0 Å². The molecule has 3 fully saturated rings. The first-order valence-electron chi connectivity index (χ1n) is 8.42. The molecule has 2 aliphatic carbocycles. The lowest BCUT2D eigenvalue weighted by atomic mass is 9.49. The van der Waals surface area contributed by atoms with Crippen molar-refractivity contribution in [2.75, 3.05) is 0 Å². The van der Waals surface area contributed by atoms with E-state index in [2.05, 4.69) is 20.8 Å². The van der Waals surface area contributed by atoms with Crippen LogP contribution in [0.5, 0.6) is 0 Å². The second kappa shape index (κ2) is 5.58. The lowest BCUT2D eigenvalue weighted by Crippen LogP contribution is -2.56. The summed E-state index contributed by atoms with van der Waals surface area (Å²) in [5.74, 6) is 1.49. The van der Waals surface area contributed by atoms with Gasteiger partial charge in [0.2, 0.25) is 0 Å². The van der Waals surface area contributed by atoms with E-state index in [0.29, 0.717) is 5.92 Å². The van der Waals surface area contributed by atoms with Crippen molar-refractivity contribution in [3.8, 4) is 0 Å². The average molecular weight is 284 g/mol. The summed E-state index contributed by atoms with van der Waals surface area (Å²) in [6.07, 6.45) is 4.14. The number of rotatable bonds is 0. The Labute approximate surface area is 123 Å². The highest BCUT2D eigenvalue weighted by Gasteiger charge is 2.63. The lowest BCUT2D eigenvalue weighted by molar-refractivity contribution is -0.173. The average Bonchev–Trinajstić information content (AvgIpc) is 2.63. The predicted octanol–water partition coefficient (Wildman–Crippen LogP) is 3.33. The SMILES string of the molecule is CC.CC1CCCC2(C)C1CC[C@]1(C)OC(O)C(O)C21. The maximum absolute atomic E-state index is 10.4. The molecule has 1 saturated heterocycles. The van der Waals surface area contributed by atoms with Crippen molar-refractivity contribution in [2.45, 2.75) is 84.7 Å². The first kappa shape index (κ1) is 16.3. The van der Waals surface area contributed by atoms with E-state index in [1.165, 1.54) is 19.3 Å². The minimum Gasteiger partial charge on any atom is -0.387 e. The van der Waals surface area contributed by atoms with E-state index in [1.54, 1.807) is 0 Å². The summed E-state index contributed by atoms with van der Waals surface area (Å²) in [5, 5.41) is 20.3. The topological polar surface area (TPSA) is 49.7 Å². The summed E-state index contributed by atoms with van der Waals surface area (Å²) in [7, 11) is 0. The molecule has 118 valence electrons. The zero-order valence-electron chi connectivity index (χ0n) is 13.7. The van der Waals surface area contributed by atoms with Crippen LogP contribution in [0.2, 0.25) is 0 Å². The third-order valence-corrected chi connectivity index (χ3v) is 6.25. The monoisotopic (exact) mass is 284 g/mol. The molecule has 1 aliphatic heterocycles. The Kier molecular flexibility index (Phi) is 4.54. The molecule has 3 nitrogen and oxygen atoms in total. The second-order valence-corrected chi connectivity index (χ2v) is 7.31. The van der Waals surface area contributed by atoms with Crippen LogP contribution in [0.3, 0.4) is 0 Å². The maximum Gasteiger partial charge on any atom is 0.181 e. The first-order chi connectivity index (χ1) is 9.38. The summed E-state index contributed by atoms with van der Waals surface area (Å²) in [6, 6.07) is 0. The normalized spacial score (nSPS) is 54.5. The van der Waals surface area contributed by atoms with Gasteiger partial charge >= 0.3 is 0 Å². The molecule has 3 heteroatoms. The van der Waals surface area contributed by atoms with E-state index >= 15 is 0 Å². The van der Waals surface area contributed by atoms with Gasteiger partial charge in [0.1, 0.15) is 6.10 Å². The molecule has 1 heterocycles. The van der Waals surface area contributed by atoms with Crippen molar-refractivity contribution in [1.82, 2.24) is 0 Å². The number of aliphatic hydroxyl groups excluding tert-OH is 2. The van der Waals surface area contributed by atoms with Crippen LogP contribution in [0.4, 0.5) is 0 Å². The molecule has 0 radical (unpaired) electrons. The Bertz CT molecular complexity index is 345. The van der Waals surface area contributed by atoms with E-state index in [-0.39, 0.29) is 16.9 Å². The van der Waals surface area contributed by atoms with Gasteiger partial charge in [-0.05, 0) is 43.4 Å². The summed E-state index contributed by atoms with van der Waals surface area (Å²) < 4.78 is 5.72. The van der Waals surface area contributed by atoms with Crippen molar-refractivity contribution in [3.63, 3.8) is 0 Å². The molecule has 20 heavy (non-hydrogen) atoms. The standard InChI is InChI=1S/C15H26O3.C2H6/c1-9-5-4-7-14(2)10(9)6-8-15(3)12(14)11(16)13(17)18-15;1-2/h9-13,16-17H,4-8H2,1-3H3;1-2H3/t9?,10?,11?,12?,13?,14?,15-;/m0./s1. The van der Waals surface area contributed by atoms with Crippen molar-refractivity contribution in [3.05, 3.63) is 0 Å². The molecule has 0 spiro atoms. The van der Waals surface area contributed by atoms with Crippen LogP contribution in [0.25, 0.3) is 0 Å². The van der Waals surface area contributed by atoms with Gasteiger partial charge < -0.3 is 14.9 Å². The largest absolute Gasteiger partial charge is 0.387 e. The molecular weight excluding hydrogens is 252 g/mol. The van der Waals surface area contributed by atoms with E-state index in [9.17, 15) is 10.2 Å². The molecule has 2 saturated carbocycles. The molecule has 7 atom stereocenters. The zero-order chi connectivity index (χ0) is 15.1. The molecule has 0 amide bonds. The van der Waals surface area contributed by atoms with Gasteiger partial charge in [0.25, 0.3) is 0 Å². The number of hydrogen-bond acceptors (Lipinski definition) is 3. The predicted molar refractivity (Wildman–Crippen MR) is 80.2 cm³/mol. The third-order valence-electron chi connectivity index (χ3n) is 6.25. The van der Waals surface area contributed by atoms with Crippen molar-refractivity contribution >= 4 is 0 Å². The number of ether oxygens (including phenoxy) is 1. The fourth-order valence-corrected chi connectivity index (χ4v) is 5.53. The Balaban J connectivity index is 0.000000704. The Morgan fingerprint density at radius 3 is 2.35 bits per heavy atom. The quantitative estimate of drug-likeness (QED) is 0.717. The van der Waals surface area contributed by atoms with Crippen molar-refractivity contribution < 1.29 is 14.9 Å². The molecule has 3 aliphatic rings. The van der Waals surface area contributed by atoms with Gasteiger partial charge in [-0.3, -0.25) is 0 Å². The summed E-state index contributed by atoms with van der Waals surface area (Å²) >= 11 is 0. The Morgan fingerprint density at radius 2 is 1.70 bits per heavy atom. The minimum atomic E-state index is -0.993. The highest BCUT2D eigenvalue weighted by Crippen LogP contribution is 2.62. The Morgan fingerprint density at radius 1 is 1.05 bits per heavy atom. The molecule has 6 unspecified atom stereocenters. The van der Waals surface area contributed by atoms with E-state index in [1.807, 2.05) is 13.8 Å². The van der Waals surface area contributed by atoms with Gasteiger partial charge in [-0.1, -0.05) is 40.5 Å². The van der Waals surface area contributed by atoms with Crippen LogP contribution < -0.4 is 0 Å². The van der Waals surface area contributed by atoms with Gasteiger partial charge in [0, 0.05) is 5.92 Å². The molecule has 0 aromatic rings. The van der Waals surface area contributed by atoms with Crippen LogP contribution in [0.15, 0.2) is 0 Å². The summed E-state index contributed by atoms with van der Waals surface area (Å²) in [6.45, 7) is 10.8. The Hall–Kier alpha value is -0.120. The van der Waals surface area contributed by atoms with E-state index in [4.69, 9.17) is 4.74 Å². The zero-order valence-corrected chi connectivity index (χ0v) is 13.7. The minimum absolute atomic E-state index is 0.0847. The van der Waals surface area contributed by atoms with E-state index < -0.39 is 12.4 Å². The molecule has 0 bridgehead atoms. The lowest BCUT2D eigenvalue weighted by Gasteiger charge is -2.57. The van der Waals surface area contributed by atoms with Crippen LogP contribution in [-0.2, 0) is 4.74 Å². The van der Waals surface area contributed by atoms with Gasteiger partial charge in [-0.15, -0.1) is 0 Å². The molecule has 2 N–H and O–H groups in total. The van der Waals surface area contributed by atoms with E-state index in [0.717, 1.165) is 18.8 Å². The van der Waals surface area contributed by atoms with Gasteiger partial charge in [-0.25, -0.2) is 0 Å². The highest BCUT2D eigenvalue weighted by molar-refractivity contribution is 5.10. The van der Waals surface area contributed by atoms with Crippen molar-refractivity contribution in [1.29, 1.82) is 0 Å². The highest BCUT2D eigenvalue weighted by atomic mass is 16.6. The fourth-order valence-electron chi connectivity index (χ4n) is 5.53. The van der Waals surface area contributed by atoms with Crippen LogP contribution >= 0.6 is 0 Å². The van der Waals surface area contributed by atoms with Gasteiger partial charge in [0.15, 0.2) is 6.29 Å².